The molecule has 2 aromatic rings. The molecular formula is C33H40F2N3O3P. The summed E-state index contributed by atoms with van der Waals surface area (Å²) >= 11 is 0. The van der Waals surface area contributed by atoms with Gasteiger partial charge in [-0.05, 0) is 101 Å². The van der Waals surface area contributed by atoms with Crippen LogP contribution in [0.2, 0.25) is 0 Å². The number of anilines is 1. The van der Waals surface area contributed by atoms with Crippen molar-refractivity contribution in [2.45, 2.75) is 58.3 Å². The van der Waals surface area contributed by atoms with Crippen LogP contribution in [-0.2, 0) is 16.1 Å². The van der Waals surface area contributed by atoms with E-state index in [0.29, 0.717) is 23.9 Å². The van der Waals surface area contributed by atoms with E-state index in [2.05, 4.69) is 39.2 Å². The van der Waals surface area contributed by atoms with Gasteiger partial charge < -0.3 is 24.6 Å². The molecule has 224 valence electrons. The van der Waals surface area contributed by atoms with Gasteiger partial charge in [-0.1, -0.05) is 37.3 Å². The number of allylic oxidation sites excluding steroid dienone is 4. The fourth-order valence-electron chi connectivity index (χ4n) is 5.35. The number of ether oxygens (including phenoxy) is 2. The Bertz CT molecular complexity index is 1350. The van der Waals surface area contributed by atoms with Gasteiger partial charge in [0.1, 0.15) is 17.2 Å². The number of benzene rings is 2. The van der Waals surface area contributed by atoms with Crippen LogP contribution in [0.25, 0.3) is 0 Å². The van der Waals surface area contributed by atoms with E-state index in [0.717, 1.165) is 60.4 Å². The summed E-state index contributed by atoms with van der Waals surface area (Å²) in [6, 6.07) is 15.3. The molecule has 2 heterocycles. The Morgan fingerprint density at radius 1 is 1.12 bits per heavy atom. The minimum atomic E-state index is -3.27. The lowest BCUT2D eigenvalue weighted by molar-refractivity contribution is -0.118. The number of hydrogen-bond donors (Lipinski definition) is 1. The number of alkyl halides is 2. The Morgan fingerprint density at radius 3 is 2.36 bits per heavy atom. The highest BCUT2D eigenvalue weighted by atomic mass is 31.0. The van der Waals surface area contributed by atoms with Crippen LogP contribution in [0.3, 0.4) is 0 Å². The summed E-state index contributed by atoms with van der Waals surface area (Å²) in [5.74, 6) is -2.16. The molecule has 42 heavy (non-hydrogen) atoms. The minimum Gasteiger partial charge on any atom is -0.495 e. The molecule has 1 atom stereocenters. The lowest BCUT2D eigenvalue weighted by Crippen LogP contribution is -2.34. The van der Waals surface area contributed by atoms with E-state index in [4.69, 9.17) is 4.74 Å². The van der Waals surface area contributed by atoms with E-state index in [1.165, 1.54) is 9.24 Å². The van der Waals surface area contributed by atoms with Crippen molar-refractivity contribution in [2.75, 3.05) is 25.1 Å². The molecule has 0 aromatic heterocycles. The number of nitrogens with one attached hydrogen (secondary N) is 1. The molecule has 2 aromatic carbocycles. The zero-order valence-corrected chi connectivity index (χ0v) is 25.9. The van der Waals surface area contributed by atoms with E-state index in [1.807, 2.05) is 62.2 Å². The van der Waals surface area contributed by atoms with Crippen LogP contribution in [0.1, 0.15) is 57.1 Å². The topological polar surface area (TPSA) is 54.0 Å². The van der Waals surface area contributed by atoms with Gasteiger partial charge in [-0.3, -0.25) is 4.79 Å². The van der Waals surface area contributed by atoms with Crippen molar-refractivity contribution >= 4 is 20.8 Å². The van der Waals surface area contributed by atoms with Crippen molar-refractivity contribution in [2.24, 2.45) is 0 Å². The van der Waals surface area contributed by atoms with Crippen LogP contribution in [-0.4, -0.2) is 36.9 Å². The Balaban J connectivity index is 1.33. The molecule has 1 amide bonds. The number of halogens is 2. The third-order valence-electron chi connectivity index (χ3n) is 7.73. The number of amides is 1. The molecular weight excluding hydrogens is 555 g/mol. The highest BCUT2D eigenvalue weighted by Crippen LogP contribution is 2.33. The Hall–Kier alpha value is -3.64. The van der Waals surface area contributed by atoms with E-state index in [-0.39, 0.29) is 11.7 Å². The van der Waals surface area contributed by atoms with Gasteiger partial charge in [-0.15, -0.1) is 0 Å². The Labute approximate surface area is 250 Å². The summed E-state index contributed by atoms with van der Waals surface area (Å²) in [5, 5.41) is 3.10. The number of carbonyl (C=O) groups excluding carboxylic acids is 1. The molecule has 6 nitrogen and oxygen atoms in total. The summed E-state index contributed by atoms with van der Waals surface area (Å²) in [4.78, 5) is 17.7. The maximum absolute atomic E-state index is 13.4. The molecule has 9 heteroatoms. The van der Waals surface area contributed by atoms with Crippen molar-refractivity contribution in [3.8, 4) is 5.75 Å². The first-order chi connectivity index (χ1) is 20.1. The van der Waals surface area contributed by atoms with Crippen LogP contribution in [0.5, 0.6) is 5.75 Å². The van der Waals surface area contributed by atoms with E-state index >= 15 is 0 Å². The average Bonchev–Trinajstić information content (AvgIpc) is 2.99. The van der Waals surface area contributed by atoms with Crippen LogP contribution >= 0.6 is 9.24 Å². The normalized spacial score (nSPS) is 17.6. The average molecular weight is 596 g/mol. The maximum Gasteiger partial charge on any atom is 0.408 e. The Kier molecular flexibility index (Phi) is 10.4. The summed E-state index contributed by atoms with van der Waals surface area (Å²) < 4.78 is 36.3. The van der Waals surface area contributed by atoms with Crippen molar-refractivity contribution in [3.05, 3.63) is 107 Å². The maximum atomic E-state index is 13.4. The molecule has 0 radical (unpaired) electrons. The van der Waals surface area contributed by atoms with Gasteiger partial charge in [0.2, 0.25) is 0 Å². The number of carbonyl (C=O) groups is 1. The molecule has 4 rings (SSSR count). The van der Waals surface area contributed by atoms with Gasteiger partial charge >= 0.3 is 5.85 Å². The minimum absolute atomic E-state index is 0.135. The third kappa shape index (κ3) is 7.80. The van der Waals surface area contributed by atoms with Gasteiger partial charge in [0.15, 0.2) is 0 Å². The van der Waals surface area contributed by atoms with Crippen molar-refractivity contribution in [1.29, 1.82) is 0 Å². The highest BCUT2D eigenvalue weighted by molar-refractivity contribution is 7.17. The van der Waals surface area contributed by atoms with E-state index in [9.17, 15) is 13.6 Å². The van der Waals surface area contributed by atoms with E-state index < -0.39 is 5.85 Å². The van der Waals surface area contributed by atoms with E-state index in [1.54, 1.807) is 19.2 Å². The van der Waals surface area contributed by atoms with Crippen molar-refractivity contribution in [3.63, 3.8) is 0 Å². The molecule has 1 N–H and O–H groups in total. The second kappa shape index (κ2) is 14.0. The summed E-state index contributed by atoms with van der Waals surface area (Å²) in [7, 11) is 3.02. The smallest absolute Gasteiger partial charge is 0.408 e. The largest absolute Gasteiger partial charge is 0.495 e. The standard InChI is InChI=1S/C33H40F2N3O3P/c1-5-23(3)31(38-19-7-8-30(40-4)29(38)6-2)32(39)36-22-24-9-13-27(14-10-24)37-20-17-26(18-21-37)25-11-15-28(16-12-25)41-33(34,35)42/h6-16,19,26H,5,17-18,20-22,42H2,1-4H3,(H,36,39)/b29-6+,31-23+. The van der Waals surface area contributed by atoms with Crippen molar-refractivity contribution < 1.29 is 23.0 Å². The van der Waals surface area contributed by atoms with Crippen LogP contribution in [0, 0.1) is 0 Å². The molecule has 1 saturated heterocycles. The van der Waals surface area contributed by atoms with Crippen LogP contribution < -0.4 is 15.0 Å². The number of hydrogen-bond acceptors (Lipinski definition) is 5. The van der Waals surface area contributed by atoms with Gasteiger partial charge in [0, 0.05) is 31.5 Å². The van der Waals surface area contributed by atoms with Gasteiger partial charge in [-0.2, -0.15) is 8.78 Å². The van der Waals surface area contributed by atoms with Gasteiger partial charge in [-0.25, -0.2) is 0 Å². The van der Waals surface area contributed by atoms with Crippen LogP contribution in [0.4, 0.5) is 14.5 Å². The summed E-state index contributed by atoms with van der Waals surface area (Å²) in [6.45, 7) is 8.18. The molecule has 0 saturated carbocycles. The third-order valence-corrected chi connectivity index (χ3v) is 7.85. The summed E-state index contributed by atoms with van der Waals surface area (Å²) in [5.41, 5.74) is 5.73. The SMILES string of the molecule is C/C=C1\C(OC)=CC=CN1/C(C(=O)NCc1ccc(N2CCC(c3ccc(OC(F)(F)P)cc3)CC2)cc1)=C(\C)CC. The van der Waals surface area contributed by atoms with Crippen molar-refractivity contribution in [1.82, 2.24) is 10.2 Å². The lowest BCUT2D eigenvalue weighted by Gasteiger charge is -2.34. The quantitative estimate of drug-likeness (QED) is 0.229. The predicted octanol–water partition coefficient (Wildman–Crippen LogP) is 7.44. The Morgan fingerprint density at radius 2 is 1.79 bits per heavy atom. The second-order valence-electron chi connectivity index (χ2n) is 10.4. The fourth-order valence-corrected chi connectivity index (χ4v) is 5.49. The van der Waals surface area contributed by atoms with Crippen LogP contribution in [0.15, 0.2) is 95.7 Å². The first kappa shape index (κ1) is 31.3. The zero-order chi connectivity index (χ0) is 30.3. The van der Waals surface area contributed by atoms with Gasteiger partial charge in [0.05, 0.1) is 12.8 Å². The number of nitrogens with zero attached hydrogens (tertiary/aromatic N) is 2. The number of rotatable bonds is 10. The fraction of sp³-hybridized carbons (Fsp3) is 0.364. The first-order valence-electron chi connectivity index (χ1n) is 14.3. The first-order valence-corrected chi connectivity index (χ1v) is 14.9. The molecule has 2 aliphatic heterocycles. The second-order valence-corrected chi connectivity index (χ2v) is 11.1. The molecule has 1 fully saturated rings. The molecule has 0 spiro atoms. The molecule has 0 bridgehead atoms. The predicted molar refractivity (Wildman–Crippen MR) is 167 cm³/mol. The van der Waals surface area contributed by atoms with Gasteiger partial charge in [0.25, 0.3) is 5.91 Å². The number of methoxy groups -OCH3 is 1. The molecule has 2 aliphatic rings. The summed E-state index contributed by atoms with van der Waals surface area (Å²) in [6.07, 6.45) is 10.3. The lowest BCUT2D eigenvalue weighted by atomic mass is 9.89. The number of piperidine rings is 1. The molecule has 1 unspecified atom stereocenters. The zero-order valence-electron chi connectivity index (χ0n) is 24.7. The highest BCUT2D eigenvalue weighted by Gasteiger charge is 2.26. The molecule has 0 aliphatic carbocycles. The monoisotopic (exact) mass is 595 g/mol.